The van der Waals surface area contributed by atoms with Crippen molar-refractivity contribution >= 4 is 0 Å². The molecule has 0 unspecified atom stereocenters. The number of rotatable bonds is 4. The Morgan fingerprint density at radius 3 is 2.67 bits per heavy atom. The maximum atomic E-state index is 10.5. The van der Waals surface area contributed by atoms with E-state index in [0.29, 0.717) is 6.54 Å². The Labute approximate surface area is 110 Å². The lowest BCUT2D eigenvalue weighted by Crippen LogP contribution is -2.40. The smallest absolute Gasteiger partial charge is 0.0771 e. The van der Waals surface area contributed by atoms with Crippen LogP contribution >= 0.6 is 0 Å². The Balaban J connectivity index is 1.82. The molecule has 0 amide bonds. The summed E-state index contributed by atoms with van der Waals surface area (Å²) in [6.45, 7) is 3.59. The van der Waals surface area contributed by atoms with Crippen LogP contribution in [0.25, 0.3) is 0 Å². The highest BCUT2D eigenvalue weighted by atomic mass is 16.3. The summed E-state index contributed by atoms with van der Waals surface area (Å²) >= 11 is 0. The van der Waals surface area contributed by atoms with E-state index in [1.807, 2.05) is 18.5 Å². The zero-order valence-electron chi connectivity index (χ0n) is 11.3. The Kier molecular flexibility index (Phi) is 4.72. The summed E-state index contributed by atoms with van der Waals surface area (Å²) in [5.41, 5.74) is 1.98. The highest BCUT2D eigenvalue weighted by molar-refractivity contribution is 5.21. The van der Waals surface area contributed by atoms with E-state index in [2.05, 4.69) is 17.2 Å². The second-order valence-electron chi connectivity index (χ2n) is 5.54. The molecule has 0 aromatic carbocycles. The van der Waals surface area contributed by atoms with Crippen molar-refractivity contribution < 1.29 is 5.11 Å². The van der Waals surface area contributed by atoms with Gasteiger partial charge in [0.1, 0.15) is 0 Å². The lowest BCUT2D eigenvalue weighted by Gasteiger charge is -2.27. The van der Waals surface area contributed by atoms with Gasteiger partial charge in [-0.1, -0.05) is 25.7 Å². The van der Waals surface area contributed by atoms with Gasteiger partial charge >= 0.3 is 0 Å². The molecule has 0 aliphatic heterocycles. The van der Waals surface area contributed by atoms with Gasteiger partial charge < -0.3 is 10.4 Å². The SMILES string of the molecule is Cc1ccncc1CNCC1(O)CCCCCC1. The van der Waals surface area contributed by atoms with Crippen molar-refractivity contribution in [1.82, 2.24) is 10.3 Å². The number of aryl methyl sites for hydroxylation is 1. The first-order chi connectivity index (χ1) is 8.70. The number of aliphatic hydroxyl groups is 1. The molecule has 0 radical (unpaired) electrons. The van der Waals surface area contributed by atoms with Gasteiger partial charge in [-0.15, -0.1) is 0 Å². The molecule has 1 aliphatic rings. The molecule has 3 nitrogen and oxygen atoms in total. The van der Waals surface area contributed by atoms with Crippen LogP contribution < -0.4 is 5.32 Å². The van der Waals surface area contributed by atoms with Crippen LogP contribution in [-0.2, 0) is 6.54 Å². The topological polar surface area (TPSA) is 45.2 Å². The zero-order chi connectivity index (χ0) is 12.8. The molecule has 1 aromatic rings. The first-order valence-corrected chi connectivity index (χ1v) is 7.02. The Hall–Kier alpha value is -0.930. The Bertz CT molecular complexity index is 371. The van der Waals surface area contributed by atoms with Crippen LogP contribution in [0.1, 0.15) is 49.7 Å². The number of nitrogens with zero attached hydrogens (tertiary/aromatic N) is 1. The number of aromatic nitrogens is 1. The molecule has 1 fully saturated rings. The molecule has 0 spiro atoms. The molecule has 1 aromatic heterocycles. The van der Waals surface area contributed by atoms with E-state index < -0.39 is 5.60 Å². The first-order valence-electron chi connectivity index (χ1n) is 7.02. The van der Waals surface area contributed by atoms with E-state index in [9.17, 15) is 5.11 Å². The predicted octanol–water partition coefficient (Wildman–Crippen LogP) is 2.56. The quantitative estimate of drug-likeness (QED) is 0.805. The average Bonchev–Trinajstić information content (AvgIpc) is 2.57. The maximum Gasteiger partial charge on any atom is 0.0771 e. The minimum absolute atomic E-state index is 0.493. The number of pyridine rings is 1. The fourth-order valence-electron chi connectivity index (χ4n) is 2.68. The summed E-state index contributed by atoms with van der Waals surface area (Å²) in [6.07, 6.45) is 10.4. The minimum Gasteiger partial charge on any atom is -0.389 e. The second-order valence-corrected chi connectivity index (χ2v) is 5.54. The summed E-state index contributed by atoms with van der Waals surface area (Å²) in [5, 5.41) is 13.9. The van der Waals surface area contributed by atoms with Crippen molar-refractivity contribution in [3.8, 4) is 0 Å². The molecule has 2 N–H and O–H groups in total. The maximum absolute atomic E-state index is 10.5. The molecule has 100 valence electrons. The fourth-order valence-corrected chi connectivity index (χ4v) is 2.68. The minimum atomic E-state index is -0.493. The largest absolute Gasteiger partial charge is 0.389 e. The van der Waals surface area contributed by atoms with E-state index >= 15 is 0 Å². The molecule has 0 atom stereocenters. The normalized spacial score (nSPS) is 19.4. The monoisotopic (exact) mass is 248 g/mol. The number of hydrogen-bond acceptors (Lipinski definition) is 3. The van der Waals surface area contributed by atoms with Gasteiger partial charge in [0, 0.05) is 25.5 Å². The summed E-state index contributed by atoms with van der Waals surface area (Å²) in [6, 6.07) is 2.03. The highest BCUT2D eigenvalue weighted by Gasteiger charge is 2.27. The van der Waals surface area contributed by atoms with Crippen molar-refractivity contribution in [3.05, 3.63) is 29.6 Å². The van der Waals surface area contributed by atoms with Gasteiger partial charge in [-0.3, -0.25) is 4.98 Å². The molecular weight excluding hydrogens is 224 g/mol. The van der Waals surface area contributed by atoms with E-state index in [1.165, 1.54) is 24.0 Å². The third kappa shape index (κ3) is 3.79. The van der Waals surface area contributed by atoms with E-state index in [1.54, 1.807) is 0 Å². The lowest BCUT2D eigenvalue weighted by molar-refractivity contribution is 0.0250. The van der Waals surface area contributed by atoms with Crippen LogP contribution in [0.3, 0.4) is 0 Å². The van der Waals surface area contributed by atoms with Gasteiger partial charge in [0.25, 0.3) is 0 Å². The molecule has 0 saturated heterocycles. The van der Waals surface area contributed by atoms with E-state index in [4.69, 9.17) is 0 Å². The molecular formula is C15H24N2O. The third-order valence-corrected chi connectivity index (χ3v) is 3.95. The molecule has 0 bridgehead atoms. The molecule has 2 rings (SSSR count). The zero-order valence-corrected chi connectivity index (χ0v) is 11.3. The van der Waals surface area contributed by atoms with Gasteiger partial charge in [-0.05, 0) is 37.0 Å². The van der Waals surface area contributed by atoms with Crippen LogP contribution in [0.5, 0.6) is 0 Å². The van der Waals surface area contributed by atoms with Gasteiger partial charge in [-0.2, -0.15) is 0 Å². The van der Waals surface area contributed by atoms with Crippen LogP contribution in [0.4, 0.5) is 0 Å². The summed E-state index contributed by atoms with van der Waals surface area (Å²) in [7, 11) is 0. The molecule has 3 heteroatoms. The Morgan fingerprint density at radius 1 is 1.28 bits per heavy atom. The van der Waals surface area contributed by atoms with Crippen LogP contribution in [0.15, 0.2) is 18.5 Å². The van der Waals surface area contributed by atoms with Crippen LogP contribution in [-0.4, -0.2) is 22.2 Å². The van der Waals surface area contributed by atoms with Crippen molar-refractivity contribution in [2.75, 3.05) is 6.54 Å². The average molecular weight is 248 g/mol. The molecule has 1 aliphatic carbocycles. The Morgan fingerprint density at radius 2 is 2.00 bits per heavy atom. The first kappa shape index (κ1) is 13.5. The lowest BCUT2D eigenvalue weighted by atomic mass is 9.94. The van der Waals surface area contributed by atoms with E-state index in [0.717, 1.165) is 32.2 Å². The predicted molar refractivity (Wildman–Crippen MR) is 73.3 cm³/mol. The summed E-state index contributed by atoms with van der Waals surface area (Å²) in [5.74, 6) is 0. The van der Waals surface area contributed by atoms with Crippen LogP contribution in [0.2, 0.25) is 0 Å². The molecule has 18 heavy (non-hydrogen) atoms. The summed E-state index contributed by atoms with van der Waals surface area (Å²) in [4.78, 5) is 4.14. The van der Waals surface area contributed by atoms with Gasteiger partial charge in [0.15, 0.2) is 0 Å². The van der Waals surface area contributed by atoms with Crippen molar-refractivity contribution in [2.45, 2.75) is 57.6 Å². The van der Waals surface area contributed by atoms with E-state index in [-0.39, 0.29) is 0 Å². The van der Waals surface area contributed by atoms with Gasteiger partial charge in [-0.25, -0.2) is 0 Å². The van der Waals surface area contributed by atoms with Crippen molar-refractivity contribution in [3.63, 3.8) is 0 Å². The van der Waals surface area contributed by atoms with Gasteiger partial charge in [0.05, 0.1) is 5.60 Å². The summed E-state index contributed by atoms with van der Waals surface area (Å²) < 4.78 is 0. The van der Waals surface area contributed by atoms with Crippen molar-refractivity contribution in [2.24, 2.45) is 0 Å². The number of hydrogen-bond donors (Lipinski definition) is 2. The second kappa shape index (κ2) is 6.30. The fraction of sp³-hybridized carbons (Fsp3) is 0.667. The number of nitrogens with one attached hydrogen (secondary N) is 1. The molecule has 1 saturated carbocycles. The highest BCUT2D eigenvalue weighted by Crippen LogP contribution is 2.26. The molecule has 1 heterocycles. The van der Waals surface area contributed by atoms with Gasteiger partial charge in [0.2, 0.25) is 0 Å². The van der Waals surface area contributed by atoms with Crippen LogP contribution in [0, 0.1) is 6.92 Å². The third-order valence-electron chi connectivity index (χ3n) is 3.95. The van der Waals surface area contributed by atoms with Crippen molar-refractivity contribution in [1.29, 1.82) is 0 Å². The standard InChI is InChI=1S/C15H24N2O/c1-13-6-9-16-10-14(13)11-17-12-15(18)7-4-2-3-5-8-15/h6,9-10,17-18H,2-5,7-8,11-12H2,1H3.